The first-order chi connectivity index (χ1) is 11.6. The summed E-state index contributed by atoms with van der Waals surface area (Å²) >= 11 is 13.6. The number of halogens is 3. The van der Waals surface area contributed by atoms with Gasteiger partial charge in [-0.1, -0.05) is 34.5 Å². The Morgan fingerprint density at radius 2 is 2.04 bits per heavy atom. The predicted molar refractivity (Wildman–Crippen MR) is 105 cm³/mol. The van der Waals surface area contributed by atoms with Crippen molar-refractivity contribution in [1.82, 2.24) is 15.4 Å². The third-order valence-electron chi connectivity index (χ3n) is 5.31. The minimum Gasteiger partial charge on any atom is -0.300 e. The van der Waals surface area contributed by atoms with Crippen LogP contribution in [0.1, 0.15) is 19.3 Å². The molecule has 6 rings (SSSR count). The summed E-state index contributed by atoms with van der Waals surface area (Å²) in [6.07, 6.45) is 3.26. The van der Waals surface area contributed by atoms with Crippen molar-refractivity contribution in [3.8, 4) is 0 Å². The van der Waals surface area contributed by atoms with E-state index in [-0.39, 0.29) is 18.0 Å². The zero-order chi connectivity index (χ0) is 16.3. The number of piperidine rings is 3. The number of nitrogens with one attached hydrogen (secondary N) is 1. The summed E-state index contributed by atoms with van der Waals surface area (Å²) in [6.45, 7) is 3.39. The second-order valence-corrected chi connectivity index (χ2v) is 8.61. The predicted octanol–water partition coefficient (Wildman–Crippen LogP) is 4.44. The molecule has 134 valence electrons. The van der Waals surface area contributed by atoms with Gasteiger partial charge in [-0.05, 0) is 44.0 Å². The van der Waals surface area contributed by atoms with Gasteiger partial charge in [-0.3, -0.25) is 10.3 Å². The number of thiazole rings is 1. The molecule has 5 heterocycles. The van der Waals surface area contributed by atoms with Crippen molar-refractivity contribution in [3.05, 3.63) is 22.2 Å². The van der Waals surface area contributed by atoms with Gasteiger partial charge >= 0.3 is 0 Å². The van der Waals surface area contributed by atoms with Gasteiger partial charge in [0.15, 0.2) is 0 Å². The summed E-state index contributed by atoms with van der Waals surface area (Å²) in [7, 11) is 0. The first kappa shape index (κ1) is 17.8. The number of nitrogens with zero attached hydrogens (tertiary/aromatic N) is 3. The molecule has 5 nitrogen and oxygen atoms in total. The molecule has 0 saturated carbocycles. The van der Waals surface area contributed by atoms with Crippen LogP contribution >= 0.6 is 46.9 Å². The third kappa shape index (κ3) is 3.03. The van der Waals surface area contributed by atoms with Crippen LogP contribution < -0.4 is 5.48 Å². The molecule has 2 bridgehead atoms. The molecule has 2 aromatic rings. The Balaban J connectivity index is 0.00000157. The lowest BCUT2D eigenvalue weighted by Crippen LogP contribution is -2.59. The van der Waals surface area contributed by atoms with Crippen molar-refractivity contribution in [2.75, 3.05) is 19.6 Å². The van der Waals surface area contributed by atoms with Gasteiger partial charge in [0.05, 0.1) is 20.3 Å². The average Bonchev–Trinajstić information content (AvgIpc) is 3.13. The second kappa shape index (κ2) is 6.51. The highest BCUT2D eigenvalue weighted by atomic mass is 35.5. The summed E-state index contributed by atoms with van der Waals surface area (Å²) in [4.78, 5) is 17.7. The number of hydrogen-bond acceptors (Lipinski definition) is 5. The van der Waals surface area contributed by atoms with Crippen molar-refractivity contribution in [2.24, 2.45) is 10.9 Å². The number of benzene rings is 1. The van der Waals surface area contributed by atoms with E-state index in [1.807, 2.05) is 6.07 Å². The maximum absolute atomic E-state index is 6.07. The number of hydroxylamine groups is 1. The molecule has 1 atom stereocenters. The van der Waals surface area contributed by atoms with Crippen LogP contribution in [0.15, 0.2) is 17.1 Å². The summed E-state index contributed by atoms with van der Waals surface area (Å²) in [6, 6.07) is 3.63. The summed E-state index contributed by atoms with van der Waals surface area (Å²) < 4.78 is 0.986. The molecule has 1 aromatic carbocycles. The highest BCUT2D eigenvalue weighted by Gasteiger charge is 2.52. The van der Waals surface area contributed by atoms with Crippen LogP contribution in [0.3, 0.4) is 0 Å². The number of fused-ring (bicyclic) bond motifs is 3. The van der Waals surface area contributed by atoms with Crippen LogP contribution in [0, 0.1) is 5.92 Å². The van der Waals surface area contributed by atoms with Gasteiger partial charge in [-0.25, -0.2) is 9.98 Å². The van der Waals surface area contributed by atoms with Crippen LogP contribution in [0.2, 0.25) is 10.0 Å². The van der Waals surface area contributed by atoms with Crippen LogP contribution in [0.5, 0.6) is 0 Å². The minimum atomic E-state index is -0.112. The highest BCUT2D eigenvalue weighted by molar-refractivity contribution is 7.22. The van der Waals surface area contributed by atoms with Crippen molar-refractivity contribution in [2.45, 2.75) is 24.9 Å². The van der Waals surface area contributed by atoms with Crippen LogP contribution in [-0.2, 0) is 4.84 Å². The van der Waals surface area contributed by atoms with Crippen LogP contribution in [0.25, 0.3) is 10.2 Å². The Bertz CT molecular complexity index is 810. The average molecular weight is 420 g/mol. The second-order valence-electron chi connectivity index (χ2n) is 6.79. The summed E-state index contributed by atoms with van der Waals surface area (Å²) in [5, 5.41) is 1.76. The van der Waals surface area contributed by atoms with E-state index in [0.717, 1.165) is 29.0 Å². The Labute approximate surface area is 165 Å². The highest BCUT2D eigenvalue weighted by Crippen LogP contribution is 2.43. The minimum absolute atomic E-state index is 0. The van der Waals surface area contributed by atoms with E-state index in [0.29, 0.717) is 21.1 Å². The zero-order valence-corrected chi connectivity index (χ0v) is 16.4. The zero-order valence-electron chi connectivity index (χ0n) is 13.3. The third-order valence-corrected chi connectivity index (χ3v) is 6.95. The van der Waals surface area contributed by atoms with Crippen molar-refractivity contribution in [3.63, 3.8) is 0 Å². The Hall–Kier alpha value is -0.630. The van der Waals surface area contributed by atoms with E-state index in [9.17, 15) is 0 Å². The van der Waals surface area contributed by atoms with Crippen molar-refractivity contribution >= 4 is 68.1 Å². The molecular formula is C16H17Cl3N4OS. The van der Waals surface area contributed by atoms with Crippen LogP contribution in [0.4, 0.5) is 5.13 Å². The molecule has 1 spiro atoms. The van der Waals surface area contributed by atoms with E-state index in [1.54, 1.807) is 6.07 Å². The lowest BCUT2D eigenvalue weighted by Gasteiger charge is -2.49. The quantitative estimate of drug-likeness (QED) is 0.742. The first-order valence-electron chi connectivity index (χ1n) is 8.11. The molecule has 1 aromatic heterocycles. The molecule has 9 heteroatoms. The number of amidine groups is 1. The summed E-state index contributed by atoms with van der Waals surface area (Å²) in [5.74, 6) is 1.48. The number of rotatable bonds is 1. The van der Waals surface area contributed by atoms with Gasteiger partial charge in [0.1, 0.15) is 11.4 Å². The molecule has 4 fully saturated rings. The molecule has 0 unspecified atom stereocenters. The molecule has 4 saturated heterocycles. The van der Waals surface area contributed by atoms with E-state index in [2.05, 4.69) is 20.4 Å². The molecule has 1 N–H and O–H groups in total. The molecule has 0 aliphatic carbocycles. The van der Waals surface area contributed by atoms with Crippen molar-refractivity contribution < 1.29 is 4.84 Å². The van der Waals surface area contributed by atoms with Gasteiger partial charge in [0.25, 0.3) is 0 Å². The molecule has 4 aliphatic heterocycles. The van der Waals surface area contributed by atoms with E-state index in [4.69, 9.17) is 28.0 Å². The maximum atomic E-state index is 6.07. The van der Waals surface area contributed by atoms with E-state index < -0.39 is 0 Å². The Morgan fingerprint density at radius 3 is 2.76 bits per heavy atom. The molecule has 0 radical (unpaired) electrons. The molecule has 25 heavy (non-hydrogen) atoms. The Morgan fingerprint density at radius 1 is 1.28 bits per heavy atom. The fourth-order valence-electron chi connectivity index (χ4n) is 4.09. The van der Waals surface area contributed by atoms with Crippen molar-refractivity contribution in [1.29, 1.82) is 0 Å². The summed E-state index contributed by atoms with van der Waals surface area (Å²) in [5.41, 5.74) is 3.77. The fraction of sp³-hybridized carbons (Fsp3) is 0.500. The van der Waals surface area contributed by atoms with E-state index in [1.165, 1.54) is 37.3 Å². The topological polar surface area (TPSA) is 49.8 Å². The molecule has 0 amide bonds. The van der Waals surface area contributed by atoms with Gasteiger partial charge in [-0.2, -0.15) is 0 Å². The van der Waals surface area contributed by atoms with E-state index >= 15 is 0 Å². The van der Waals surface area contributed by atoms with Gasteiger partial charge in [0, 0.05) is 13.0 Å². The normalized spacial score (nSPS) is 32.3. The lowest BCUT2D eigenvalue weighted by atomic mass is 9.74. The first-order valence-corrected chi connectivity index (χ1v) is 9.68. The SMILES string of the molecule is Cl.Clc1cc2nc(/N=C3/C[C@@]4(CN5CCC4CC5)ON3)sc2cc1Cl. The molecule has 4 aliphatic rings. The number of aromatic nitrogens is 1. The smallest absolute Gasteiger partial charge is 0.211 e. The molecular weight excluding hydrogens is 403 g/mol. The van der Waals surface area contributed by atoms with Gasteiger partial charge in [-0.15, -0.1) is 12.4 Å². The standard InChI is InChI=1S/C16H16Cl2N4OS.ClH/c17-10-5-12-13(6-11(10)18)24-15(19-12)20-14-7-16(23-21-14)8-22-3-1-9(16)2-4-22;/h5-6,9H,1-4,7-8H2,(H,19,20,21);1H/t16-;/m0./s1. The van der Waals surface area contributed by atoms with Gasteiger partial charge in [0.2, 0.25) is 5.13 Å². The fourth-order valence-corrected chi connectivity index (χ4v) is 5.36. The Kier molecular flexibility index (Phi) is 4.63. The lowest BCUT2D eigenvalue weighted by molar-refractivity contribution is -0.150. The monoisotopic (exact) mass is 418 g/mol. The van der Waals surface area contributed by atoms with Gasteiger partial charge < -0.3 is 4.90 Å². The number of hydrogen-bond donors (Lipinski definition) is 1. The largest absolute Gasteiger partial charge is 0.300 e. The van der Waals surface area contributed by atoms with Crippen LogP contribution in [-0.4, -0.2) is 41.0 Å². The number of aliphatic imine (C=N–C) groups is 1. The maximum Gasteiger partial charge on any atom is 0.211 e.